The number of nitrogen functional groups attached to an aromatic ring is 1. The van der Waals surface area contributed by atoms with Crippen LogP contribution >= 0.6 is 0 Å². The standard InChI is InChI=1S/C14H18FN3O/c1-14(2,3)12-7-13(16)18(17-12)10-4-5-11(15)9(6-10)8-19/h4-7,19H,8,16H2,1-3H3. The van der Waals surface area contributed by atoms with Gasteiger partial charge in [-0.05, 0) is 18.2 Å². The number of nitrogens with two attached hydrogens (primary N) is 1. The van der Waals surface area contributed by atoms with Crippen molar-refractivity contribution in [1.82, 2.24) is 9.78 Å². The van der Waals surface area contributed by atoms with E-state index < -0.39 is 5.82 Å². The maximum absolute atomic E-state index is 13.4. The van der Waals surface area contributed by atoms with Gasteiger partial charge in [-0.15, -0.1) is 0 Å². The van der Waals surface area contributed by atoms with E-state index in [0.717, 1.165) is 5.69 Å². The van der Waals surface area contributed by atoms with E-state index in [1.54, 1.807) is 16.8 Å². The van der Waals surface area contributed by atoms with Gasteiger partial charge in [-0.1, -0.05) is 20.8 Å². The normalized spacial score (nSPS) is 11.8. The molecular formula is C14H18FN3O. The Hall–Kier alpha value is -1.88. The van der Waals surface area contributed by atoms with E-state index in [-0.39, 0.29) is 17.6 Å². The third-order valence-electron chi connectivity index (χ3n) is 2.95. The molecule has 4 nitrogen and oxygen atoms in total. The van der Waals surface area contributed by atoms with Gasteiger partial charge in [-0.2, -0.15) is 5.10 Å². The maximum atomic E-state index is 13.4. The molecule has 19 heavy (non-hydrogen) atoms. The molecule has 0 atom stereocenters. The largest absolute Gasteiger partial charge is 0.392 e. The summed E-state index contributed by atoms with van der Waals surface area (Å²) in [5.74, 6) is 0.0495. The number of benzene rings is 1. The average molecular weight is 263 g/mol. The summed E-state index contributed by atoms with van der Waals surface area (Å²) in [4.78, 5) is 0. The molecule has 0 saturated carbocycles. The van der Waals surface area contributed by atoms with Crippen LogP contribution in [-0.4, -0.2) is 14.9 Å². The molecule has 0 fully saturated rings. The zero-order chi connectivity index (χ0) is 14.2. The molecule has 0 aliphatic heterocycles. The minimum Gasteiger partial charge on any atom is -0.392 e. The van der Waals surface area contributed by atoms with Gasteiger partial charge in [0.05, 0.1) is 18.0 Å². The van der Waals surface area contributed by atoms with Crippen LogP contribution in [0.5, 0.6) is 0 Å². The van der Waals surface area contributed by atoms with Crippen molar-refractivity contribution in [2.45, 2.75) is 32.8 Å². The monoisotopic (exact) mass is 263 g/mol. The summed E-state index contributed by atoms with van der Waals surface area (Å²) in [5.41, 5.74) is 7.56. The highest BCUT2D eigenvalue weighted by Crippen LogP contribution is 2.25. The lowest BCUT2D eigenvalue weighted by molar-refractivity contribution is 0.275. The summed E-state index contributed by atoms with van der Waals surface area (Å²) >= 11 is 0. The molecule has 1 aromatic heterocycles. The number of halogens is 1. The Morgan fingerprint density at radius 2 is 2.00 bits per heavy atom. The summed E-state index contributed by atoms with van der Waals surface area (Å²) in [7, 11) is 0. The van der Waals surface area contributed by atoms with Crippen molar-refractivity contribution in [3.05, 3.63) is 41.3 Å². The number of aromatic nitrogens is 2. The lowest BCUT2D eigenvalue weighted by Gasteiger charge is -2.14. The predicted molar refractivity (Wildman–Crippen MR) is 72.6 cm³/mol. The Morgan fingerprint density at radius 3 is 2.53 bits per heavy atom. The van der Waals surface area contributed by atoms with Gasteiger partial charge >= 0.3 is 0 Å². The van der Waals surface area contributed by atoms with Crippen LogP contribution in [0.3, 0.4) is 0 Å². The first-order chi connectivity index (χ1) is 8.82. The summed E-state index contributed by atoms with van der Waals surface area (Å²) in [5, 5.41) is 13.5. The summed E-state index contributed by atoms with van der Waals surface area (Å²) < 4.78 is 14.9. The molecule has 1 heterocycles. The number of anilines is 1. The van der Waals surface area contributed by atoms with Gasteiger partial charge in [0.25, 0.3) is 0 Å². The number of hydrogen-bond donors (Lipinski definition) is 2. The van der Waals surface area contributed by atoms with E-state index in [1.165, 1.54) is 6.07 Å². The van der Waals surface area contributed by atoms with Crippen molar-refractivity contribution < 1.29 is 9.50 Å². The molecule has 0 bridgehead atoms. The molecule has 2 aromatic rings. The molecule has 2 rings (SSSR count). The third-order valence-corrected chi connectivity index (χ3v) is 2.95. The van der Waals surface area contributed by atoms with E-state index in [1.807, 2.05) is 26.8 Å². The van der Waals surface area contributed by atoms with Gasteiger partial charge in [0.15, 0.2) is 0 Å². The highest BCUT2D eigenvalue weighted by molar-refractivity contribution is 5.45. The molecule has 0 aliphatic rings. The molecule has 0 spiro atoms. The first kappa shape index (κ1) is 13.5. The molecule has 0 amide bonds. The van der Waals surface area contributed by atoms with Crippen molar-refractivity contribution >= 4 is 5.82 Å². The average Bonchev–Trinajstić information content (AvgIpc) is 2.72. The molecule has 3 N–H and O–H groups in total. The molecular weight excluding hydrogens is 245 g/mol. The summed E-state index contributed by atoms with van der Waals surface area (Å²) in [6, 6.07) is 6.25. The molecule has 0 aliphatic carbocycles. The van der Waals surface area contributed by atoms with Gasteiger partial charge in [0.2, 0.25) is 0 Å². The number of nitrogens with zero attached hydrogens (tertiary/aromatic N) is 2. The van der Waals surface area contributed by atoms with Crippen LogP contribution in [0.4, 0.5) is 10.2 Å². The molecule has 0 unspecified atom stereocenters. The molecule has 0 saturated heterocycles. The summed E-state index contributed by atoms with van der Waals surface area (Å²) in [6.45, 7) is 5.78. The Bertz CT molecular complexity index is 599. The Kier molecular flexibility index (Phi) is 3.32. The Labute approximate surface area is 111 Å². The molecule has 5 heteroatoms. The van der Waals surface area contributed by atoms with Crippen molar-refractivity contribution in [3.63, 3.8) is 0 Å². The van der Waals surface area contributed by atoms with Crippen LogP contribution in [-0.2, 0) is 12.0 Å². The quantitative estimate of drug-likeness (QED) is 0.874. The van der Waals surface area contributed by atoms with Crippen molar-refractivity contribution in [2.75, 3.05) is 5.73 Å². The lowest BCUT2D eigenvalue weighted by Crippen LogP contribution is -2.12. The van der Waals surface area contributed by atoms with E-state index in [9.17, 15) is 4.39 Å². The van der Waals surface area contributed by atoms with Gasteiger partial charge in [-0.25, -0.2) is 9.07 Å². The fourth-order valence-corrected chi connectivity index (χ4v) is 1.78. The van der Waals surface area contributed by atoms with E-state index in [0.29, 0.717) is 11.5 Å². The van der Waals surface area contributed by atoms with Crippen LogP contribution in [0.2, 0.25) is 0 Å². The number of aliphatic hydroxyl groups excluding tert-OH is 1. The molecule has 102 valence electrons. The number of aliphatic hydroxyl groups is 1. The van der Waals surface area contributed by atoms with Gasteiger partial charge < -0.3 is 10.8 Å². The Balaban J connectivity index is 2.50. The van der Waals surface area contributed by atoms with Gasteiger partial charge in [0.1, 0.15) is 11.6 Å². The fourth-order valence-electron chi connectivity index (χ4n) is 1.78. The van der Waals surface area contributed by atoms with Crippen molar-refractivity contribution in [3.8, 4) is 5.69 Å². The van der Waals surface area contributed by atoms with Gasteiger partial charge in [-0.3, -0.25) is 0 Å². The second-order valence-electron chi connectivity index (χ2n) is 5.55. The third kappa shape index (κ3) is 2.61. The van der Waals surface area contributed by atoms with E-state index >= 15 is 0 Å². The smallest absolute Gasteiger partial charge is 0.128 e. The SMILES string of the molecule is CC(C)(C)c1cc(N)n(-c2ccc(F)c(CO)c2)n1. The zero-order valence-electron chi connectivity index (χ0n) is 11.3. The topological polar surface area (TPSA) is 64.1 Å². The predicted octanol–water partition coefficient (Wildman–Crippen LogP) is 2.38. The van der Waals surface area contributed by atoms with Crippen LogP contribution < -0.4 is 5.73 Å². The minimum atomic E-state index is -0.437. The first-order valence-corrected chi connectivity index (χ1v) is 6.08. The number of rotatable bonds is 2. The minimum absolute atomic E-state index is 0.112. The highest BCUT2D eigenvalue weighted by atomic mass is 19.1. The molecule has 0 radical (unpaired) electrons. The van der Waals surface area contributed by atoms with Crippen molar-refractivity contribution in [2.24, 2.45) is 0 Å². The second kappa shape index (κ2) is 4.66. The van der Waals surface area contributed by atoms with E-state index in [4.69, 9.17) is 10.8 Å². The van der Waals surface area contributed by atoms with Crippen LogP contribution in [0.1, 0.15) is 32.0 Å². The van der Waals surface area contributed by atoms with Crippen molar-refractivity contribution in [1.29, 1.82) is 0 Å². The van der Waals surface area contributed by atoms with Crippen LogP contribution in [0, 0.1) is 5.82 Å². The second-order valence-corrected chi connectivity index (χ2v) is 5.55. The number of hydrogen-bond acceptors (Lipinski definition) is 3. The first-order valence-electron chi connectivity index (χ1n) is 6.08. The summed E-state index contributed by atoms with van der Waals surface area (Å²) in [6.07, 6.45) is 0. The highest BCUT2D eigenvalue weighted by Gasteiger charge is 2.19. The zero-order valence-corrected chi connectivity index (χ0v) is 11.3. The van der Waals surface area contributed by atoms with Gasteiger partial charge in [0, 0.05) is 17.0 Å². The fraction of sp³-hybridized carbons (Fsp3) is 0.357. The van der Waals surface area contributed by atoms with E-state index in [2.05, 4.69) is 5.10 Å². The van der Waals surface area contributed by atoms with Crippen LogP contribution in [0.15, 0.2) is 24.3 Å². The lowest BCUT2D eigenvalue weighted by atomic mass is 9.92. The Morgan fingerprint density at radius 1 is 1.32 bits per heavy atom. The molecule has 1 aromatic carbocycles. The van der Waals surface area contributed by atoms with Crippen LogP contribution in [0.25, 0.3) is 5.69 Å². The maximum Gasteiger partial charge on any atom is 0.128 e.